The lowest BCUT2D eigenvalue weighted by molar-refractivity contribution is -0.120. The maximum atomic E-state index is 13.5. The fourth-order valence-electron chi connectivity index (χ4n) is 3.53. The molecule has 2 aromatic carbocycles. The molecule has 1 aliphatic heterocycles. The second-order valence-electron chi connectivity index (χ2n) is 7.53. The average Bonchev–Trinajstić information content (AvgIpc) is 3.41. The Balaban J connectivity index is 1.71. The van der Waals surface area contributed by atoms with E-state index in [1.54, 1.807) is 18.2 Å². The molecule has 2 amide bonds. The Hall–Kier alpha value is -3.78. The van der Waals surface area contributed by atoms with Crippen LogP contribution in [0, 0.1) is 0 Å². The van der Waals surface area contributed by atoms with E-state index >= 15 is 0 Å². The third-order valence-electron chi connectivity index (χ3n) is 4.97. The van der Waals surface area contributed by atoms with Crippen LogP contribution in [0.3, 0.4) is 0 Å². The van der Waals surface area contributed by atoms with Gasteiger partial charge in [0.05, 0.1) is 31.6 Å². The molecule has 2 heterocycles. The summed E-state index contributed by atoms with van der Waals surface area (Å²) in [6.45, 7) is 3.91. The minimum absolute atomic E-state index is 0.0565. The maximum Gasteiger partial charge on any atom is 0.282 e. The van der Waals surface area contributed by atoms with Gasteiger partial charge in [-0.05, 0) is 61.7 Å². The van der Waals surface area contributed by atoms with Crippen molar-refractivity contribution in [2.75, 3.05) is 24.4 Å². The van der Waals surface area contributed by atoms with Crippen molar-refractivity contribution in [1.82, 2.24) is 0 Å². The molecule has 7 nitrogen and oxygen atoms in total. The molecule has 0 atom stereocenters. The molecule has 1 N–H and O–H groups in total. The molecule has 0 saturated heterocycles. The molecule has 1 aromatic heterocycles. The van der Waals surface area contributed by atoms with Crippen molar-refractivity contribution in [2.45, 2.75) is 20.0 Å². The van der Waals surface area contributed by atoms with E-state index in [0.29, 0.717) is 33.3 Å². The standard InChI is InChI=1S/C25H24N2O5S/c1-15(2)32-18-10-7-16(8-11-18)26-23-22(21-6-5-13-33-21)24(28)27(25(23)29)17-9-12-19(30-3)20(14-17)31-4/h5-15,26H,1-4H3. The van der Waals surface area contributed by atoms with Crippen molar-refractivity contribution in [3.8, 4) is 17.2 Å². The van der Waals surface area contributed by atoms with Gasteiger partial charge in [-0.3, -0.25) is 9.59 Å². The molecule has 8 heteroatoms. The van der Waals surface area contributed by atoms with Gasteiger partial charge in [0, 0.05) is 16.6 Å². The summed E-state index contributed by atoms with van der Waals surface area (Å²) in [6.07, 6.45) is 0.0565. The number of rotatable bonds is 8. The number of ether oxygens (including phenoxy) is 3. The highest BCUT2D eigenvalue weighted by atomic mass is 32.1. The number of carbonyl (C=O) groups excluding carboxylic acids is 2. The number of hydrogen-bond acceptors (Lipinski definition) is 7. The van der Waals surface area contributed by atoms with Crippen LogP contribution in [0.5, 0.6) is 17.2 Å². The van der Waals surface area contributed by atoms with E-state index in [0.717, 1.165) is 10.6 Å². The summed E-state index contributed by atoms with van der Waals surface area (Å²) in [6, 6.07) is 15.9. The molecule has 0 spiro atoms. The molecule has 0 aliphatic carbocycles. The zero-order chi connectivity index (χ0) is 23.5. The van der Waals surface area contributed by atoms with E-state index < -0.39 is 11.8 Å². The van der Waals surface area contributed by atoms with Gasteiger partial charge in [0.15, 0.2) is 11.5 Å². The number of imide groups is 1. The van der Waals surface area contributed by atoms with Crippen LogP contribution in [-0.2, 0) is 9.59 Å². The van der Waals surface area contributed by atoms with Gasteiger partial charge in [-0.25, -0.2) is 4.90 Å². The van der Waals surface area contributed by atoms with Crippen LogP contribution in [0.2, 0.25) is 0 Å². The normalized spacial score (nSPS) is 13.7. The zero-order valence-electron chi connectivity index (χ0n) is 18.7. The molecule has 4 rings (SSSR count). The van der Waals surface area contributed by atoms with Gasteiger partial charge < -0.3 is 19.5 Å². The number of methoxy groups -OCH3 is 2. The summed E-state index contributed by atoms with van der Waals surface area (Å²) < 4.78 is 16.3. The SMILES string of the molecule is COc1ccc(N2C(=O)C(Nc3ccc(OC(C)C)cc3)=C(c3cccs3)C2=O)cc1OC. The number of thiophene rings is 1. The molecule has 0 saturated carbocycles. The van der Waals surface area contributed by atoms with Crippen molar-refractivity contribution >= 4 is 40.1 Å². The van der Waals surface area contributed by atoms with Crippen LogP contribution in [0.15, 0.2) is 65.7 Å². The molecule has 0 radical (unpaired) electrons. The van der Waals surface area contributed by atoms with Crippen molar-refractivity contribution in [2.24, 2.45) is 0 Å². The van der Waals surface area contributed by atoms with E-state index in [1.807, 2.05) is 55.6 Å². The van der Waals surface area contributed by atoms with E-state index in [-0.39, 0.29) is 11.8 Å². The zero-order valence-corrected chi connectivity index (χ0v) is 19.6. The minimum atomic E-state index is -0.446. The first kappa shape index (κ1) is 22.4. The lowest BCUT2D eigenvalue weighted by Gasteiger charge is -2.17. The fraction of sp³-hybridized carbons (Fsp3) is 0.200. The predicted octanol–water partition coefficient (Wildman–Crippen LogP) is 4.95. The Morgan fingerprint density at radius 2 is 1.64 bits per heavy atom. The Labute approximate surface area is 196 Å². The van der Waals surface area contributed by atoms with Gasteiger partial charge in [0.1, 0.15) is 11.4 Å². The van der Waals surface area contributed by atoms with Crippen molar-refractivity contribution in [1.29, 1.82) is 0 Å². The van der Waals surface area contributed by atoms with Crippen molar-refractivity contribution in [3.05, 3.63) is 70.6 Å². The van der Waals surface area contributed by atoms with Crippen LogP contribution in [-0.4, -0.2) is 32.1 Å². The third-order valence-corrected chi connectivity index (χ3v) is 5.86. The first-order valence-corrected chi connectivity index (χ1v) is 11.2. The van der Waals surface area contributed by atoms with Crippen LogP contribution >= 0.6 is 11.3 Å². The third kappa shape index (κ3) is 4.42. The van der Waals surface area contributed by atoms with E-state index in [9.17, 15) is 9.59 Å². The monoisotopic (exact) mass is 464 g/mol. The van der Waals surface area contributed by atoms with Gasteiger partial charge in [-0.2, -0.15) is 0 Å². The number of hydrogen-bond donors (Lipinski definition) is 1. The average molecular weight is 465 g/mol. The summed E-state index contributed by atoms with van der Waals surface area (Å²) in [7, 11) is 3.03. The number of anilines is 2. The van der Waals surface area contributed by atoms with Crippen LogP contribution in [0.25, 0.3) is 5.57 Å². The number of nitrogens with zero attached hydrogens (tertiary/aromatic N) is 1. The summed E-state index contributed by atoms with van der Waals surface area (Å²) in [5, 5.41) is 5.02. The lowest BCUT2D eigenvalue weighted by atomic mass is 10.2. The highest BCUT2D eigenvalue weighted by Gasteiger charge is 2.41. The highest BCUT2D eigenvalue weighted by Crippen LogP contribution is 2.38. The van der Waals surface area contributed by atoms with E-state index in [4.69, 9.17) is 14.2 Å². The topological polar surface area (TPSA) is 77.1 Å². The van der Waals surface area contributed by atoms with Gasteiger partial charge in [-0.15, -0.1) is 11.3 Å². The molecule has 1 aliphatic rings. The maximum absolute atomic E-state index is 13.5. The lowest BCUT2D eigenvalue weighted by Crippen LogP contribution is -2.32. The van der Waals surface area contributed by atoms with Gasteiger partial charge >= 0.3 is 0 Å². The second-order valence-corrected chi connectivity index (χ2v) is 8.48. The van der Waals surface area contributed by atoms with Gasteiger partial charge in [-0.1, -0.05) is 6.07 Å². The molecule has 0 unspecified atom stereocenters. The first-order chi connectivity index (χ1) is 15.9. The van der Waals surface area contributed by atoms with Gasteiger partial charge in [0.25, 0.3) is 11.8 Å². The van der Waals surface area contributed by atoms with E-state index in [1.165, 1.54) is 25.6 Å². The molecule has 3 aromatic rings. The first-order valence-electron chi connectivity index (χ1n) is 10.4. The van der Waals surface area contributed by atoms with Crippen LogP contribution in [0.4, 0.5) is 11.4 Å². The molecule has 170 valence electrons. The number of benzene rings is 2. The summed E-state index contributed by atoms with van der Waals surface area (Å²) in [4.78, 5) is 28.8. The predicted molar refractivity (Wildman–Crippen MR) is 129 cm³/mol. The van der Waals surface area contributed by atoms with Crippen molar-refractivity contribution in [3.63, 3.8) is 0 Å². The molecular formula is C25H24N2O5S. The Kier molecular flexibility index (Phi) is 6.37. The molecule has 0 bridgehead atoms. The second kappa shape index (κ2) is 9.38. The minimum Gasteiger partial charge on any atom is -0.493 e. The highest BCUT2D eigenvalue weighted by molar-refractivity contribution is 7.11. The number of nitrogens with one attached hydrogen (secondary N) is 1. The molecule has 33 heavy (non-hydrogen) atoms. The Morgan fingerprint density at radius 1 is 0.909 bits per heavy atom. The van der Waals surface area contributed by atoms with Crippen LogP contribution < -0.4 is 24.4 Å². The van der Waals surface area contributed by atoms with Crippen molar-refractivity contribution < 1.29 is 23.8 Å². The summed E-state index contributed by atoms with van der Waals surface area (Å²) >= 11 is 1.40. The molecule has 0 fully saturated rings. The van der Waals surface area contributed by atoms with Gasteiger partial charge in [0.2, 0.25) is 0 Å². The Bertz CT molecular complexity index is 1200. The fourth-order valence-corrected chi connectivity index (χ4v) is 4.30. The largest absolute Gasteiger partial charge is 0.493 e. The number of amides is 2. The number of carbonyl (C=O) groups is 2. The quantitative estimate of drug-likeness (QED) is 0.476. The summed E-state index contributed by atoms with van der Waals surface area (Å²) in [5.74, 6) is 0.808. The van der Waals surface area contributed by atoms with E-state index in [2.05, 4.69) is 5.32 Å². The Morgan fingerprint density at radius 3 is 2.24 bits per heavy atom. The summed E-state index contributed by atoms with van der Waals surface area (Å²) in [5.41, 5.74) is 1.61. The van der Waals surface area contributed by atoms with Crippen LogP contribution in [0.1, 0.15) is 18.7 Å². The smallest absolute Gasteiger partial charge is 0.282 e. The molecular weight excluding hydrogens is 440 g/mol.